The van der Waals surface area contributed by atoms with E-state index in [0.29, 0.717) is 21.1 Å². The average molecular weight is 371 g/mol. The number of aryl methyl sites for hydroxylation is 1. The Morgan fingerprint density at radius 1 is 1.04 bits per heavy atom. The molecular formula is C19H12ClFN2OS. The Labute approximate surface area is 151 Å². The van der Waals surface area contributed by atoms with Gasteiger partial charge in [0.05, 0.1) is 5.39 Å². The molecule has 124 valence electrons. The Kier molecular flexibility index (Phi) is 3.90. The largest absolute Gasteiger partial charge is 0.306 e. The number of rotatable bonds is 2. The summed E-state index contributed by atoms with van der Waals surface area (Å²) < 4.78 is 13.2. The van der Waals surface area contributed by atoms with Crippen molar-refractivity contribution in [2.24, 2.45) is 0 Å². The summed E-state index contributed by atoms with van der Waals surface area (Å²) in [4.78, 5) is 21.8. The molecule has 2 heterocycles. The van der Waals surface area contributed by atoms with Gasteiger partial charge in [0.15, 0.2) is 0 Å². The standard InChI is InChI=1S/C19H12ClFN2OS/c1-10-15(11-4-8-14(21)9-5-11)16-18(24)22-17(23-19(16)25-10)12-2-6-13(20)7-3-12/h2-9H,1H3,(H,22,23,24). The van der Waals surface area contributed by atoms with E-state index in [9.17, 15) is 9.18 Å². The van der Waals surface area contributed by atoms with Gasteiger partial charge in [-0.1, -0.05) is 23.7 Å². The summed E-state index contributed by atoms with van der Waals surface area (Å²) in [6.07, 6.45) is 0. The normalized spacial score (nSPS) is 11.2. The highest BCUT2D eigenvalue weighted by Crippen LogP contribution is 2.36. The highest BCUT2D eigenvalue weighted by atomic mass is 35.5. The van der Waals surface area contributed by atoms with Gasteiger partial charge >= 0.3 is 0 Å². The summed E-state index contributed by atoms with van der Waals surface area (Å²) in [5, 5.41) is 1.16. The van der Waals surface area contributed by atoms with Gasteiger partial charge in [-0.3, -0.25) is 4.79 Å². The fourth-order valence-electron chi connectivity index (χ4n) is 2.83. The quantitative estimate of drug-likeness (QED) is 0.512. The number of hydrogen-bond acceptors (Lipinski definition) is 3. The molecule has 0 aliphatic heterocycles. The fourth-order valence-corrected chi connectivity index (χ4v) is 4.00. The first-order valence-corrected chi connectivity index (χ1v) is 8.77. The Balaban J connectivity index is 1.93. The molecule has 2 aromatic heterocycles. The van der Waals surface area contributed by atoms with E-state index in [1.807, 2.05) is 19.1 Å². The van der Waals surface area contributed by atoms with Crippen molar-refractivity contribution >= 4 is 33.2 Å². The zero-order valence-corrected chi connectivity index (χ0v) is 14.7. The molecule has 0 saturated carbocycles. The molecule has 4 rings (SSSR count). The van der Waals surface area contributed by atoms with Crippen LogP contribution in [0.15, 0.2) is 53.3 Å². The monoisotopic (exact) mass is 370 g/mol. The molecule has 0 aliphatic carbocycles. The molecule has 0 unspecified atom stereocenters. The fraction of sp³-hybridized carbons (Fsp3) is 0.0526. The van der Waals surface area contributed by atoms with E-state index < -0.39 is 0 Å². The van der Waals surface area contributed by atoms with Gasteiger partial charge in [0.25, 0.3) is 5.56 Å². The summed E-state index contributed by atoms with van der Waals surface area (Å²) >= 11 is 7.36. The Morgan fingerprint density at radius 3 is 2.36 bits per heavy atom. The number of aromatic amines is 1. The van der Waals surface area contributed by atoms with Gasteiger partial charge in [0, 0.05) is 21.0 Å². The molecule has 0 radical (unpaired) electrons. The third-order valence-corrected chi connectivity index (χ3v) is 5.24. The van der Waals surface area contributed by atoms with Crippen LogP contribution in [-0.2, 0) is 0 Å². The predicted molar refractivity (Wildman–Crippen MR) is 101 cm³/mol. The predicted octanol–water partition coefficient (Wildman–Crippen LogP) is 5.42. The van der Waals surface area contributed by atoms with Crippen molar-refractivity contribution < 1.29 is 4.39 Å². The minimum absolute atomic E-state index is 0.210. The first-order valence-electron chi connectivity index (χ1n) is 7.58. The number of benzene rings is 2. The van der Waals surface area contributed by atoms with Crippen LogP contribution in [0, 0.1) is 12.7 Å². The lowest BCUT2D eigenvalue weighted by Crippen LogP contribution is -2.09. The van der Waals surface area contributed by atoms with Crippen LogP contribution in [0.4, 0.5) is 4.39 Å². The number of fused-ring (bicyclic) bond motifs is 1. The first-order chi connectivity index (χ1) is 12.0. The van der Waals surface area contributed by atoms with Crippen molar-refractivity contribution in [2.45, 2.75) is 6.92 Å². The van der Waals surface area contributed by atoms with E-state index in [0.717, 1.165) is 21.6 Å². The minimum Gasteiger partial charge on any atom is -0.306 e. The summed E-state index contributed by atoms with van der Waals surface area (Å²) in [6, 6.07) is 13.3. The maximum Gasteiger partial charge on any atom is 0.260 e. The lowest BCUT2D eigenvalue weighted by molar-refractivity contribution is 0.628. The number of H-pyrrole nitrogens is 1. The molecule has 6 heteroatoms. The molecule has 0 atom stereocenters. The van der Waals surface area contributed by atoms with Crippen molar-refractivity contribution in [2.75, 3.05) is 0 Å². The molecule has 0 aliphatic rings. The maximum absolute atomic E-state index is 13.2. The van der Waals surface area contributed by atoms with E-state index in [-0.39, 0.29) is 11.4 Å². The lowest BCUT2D eigenvalue weighted by atomic mass is 10.0. The van der Waals surface area contributed by atoms with Gasteiger partial charge in [-0.25, -0.2) is 9.37 Å². The van der Waals surface area contributed by atoms with Crippen molar-refractivity contribution in [1.82, 2.24) is 9.97 Å². The Bertz CT molecular complexity index is 1130. The van der Waals surface area contributed by atoms with E-state index >= 15 is 0 Å². The van der Waals surface area contributed by atoms with E-state index in [1.54, 1.807) is 24.3 Å². The van der Waals surface area contributed by atoms with E-state index in [1.165, 1.54) is 23.5 Å². The van der Waals surface area contributed by atoms with E-state index in [2.05, 4.69) is 9.97 Å². The molecule has 2 aromatic carbocycles. The molecule has 25 heavy (non-hydrogen) atoms. The van der Waals surface area contributed by atoms with Crippen molar-refractivity contribution in [3.05, 3.63) is 74.6 Å². The summed E-state index contributed by atoms with van der Waals surface area (Å²) in [7, 11) is 0. The second kappa shape index (κ2) is 6.10. The molecular weight excluding hydrogens is 359 g/mol. The molecule has 0 saturated heterocycles. The number of thiophene rings is 1. The van der Waals surface area contributed by atoms with Crippen LogP contribution in [0.25, 0.3) is 32.7 Å². The number of aromatic nitrogens is 2. The summed E-state index contributed by atoms with van der Waals surface area (Å²) in [5.74, 6) is 0.194. The lowest BCUT2D eigenvalue weighted by Gasteiger charge is -2.03. The van der Waals surface area contributed by atoms with Crippen LogP contribution in [0.3, 0.4) is 0 Å². The zero-order valence-electron chi connectivity index (χ0n) is 13.1. The second-order valence-corrected chi connectivity index (χ2v) is 7.28. The molecule has 4 aromatic rings. The highest BCUT2D eigenvalue weighted by Gasteiger charge is 2.17. The van der Waals surface area contributed by atoms with Crippen LogP contribution in [0.5, 0.6) is 0 Å². The van der Waals surface area contributed by atoms with Gasteiger partial charge in [-0.15, -0.1) is 11.3 Å². The highest BCUT2D eigenvalue weighted by molar-refractivity contribution is 7.19. The molecule has 0 fully saturated rings. The van der Waals surface area contributed by atoms with Crippen molar-refractivity contribution in [1.29, 1.82) is 0 Å². The van der Waals surface area contributed by atoms with Gasteiger partial charge < -0.3 is 4.98 Å². The summed E-state index contributed by atoms with van der Waals surface area (Å²) in [6.45, 7) is 1.94. The van der Waals surface area contributed by atoms with Crippen LogP contribution < -0.4 is 5.56 Å². The van der Waals surface area contributed by atoms with Crippen LogP contribution in [-0.4, -0.2) is 9.97 Å². The Hall–Kier alpha value is -2.50. The third kappa shape index (κ3) is 2.86. The molecule has 1 N–H and O–H groups in total. The van der Waals surface area contributed by atoms with Gasteiger partial charge in [-0.05, 0) is 48.9 Å². The summed E-state index contributed by atoms with van der Waals surface area (Å²) in [5.41, 5.74) is 2.18. The van der Waals surface area contributed by atoms with Gasteiger partial charge in [-0.2, -0.15) is 0 Å². The average Bonchev–Trinajstić information content (AvgIpc) is 2.93. The van der Waals surface area contributed by atoms with Crippen LogP contribution >= 0.6 is 22.9 Å². The number of nitrogens with one attached hydrogen (secondary N) is 1. The number of halogens is 2. The van der Waals surface area contributed by atoms with Crippen molar-refractivity contribution in [3.8, 4) is 22.5 Å². The third-order valence-electron chi connectivity index (χ3n) is 3.99. The van der Waals surface area contributed by atoms with Gasteiger partial charge in [0.1, 0.15) is 16.5 Å². The molecule has 0 bridgehead atoms. The second-order valence-electron chi connectivity index (χ2n) is 5.64. The maximum atomic E-state index is 13.2. The number of hydrogen-bond donors (Lipinski definition) is 1. The molecule has 3 nitrogen and oxygen atoms in total. The molecule has 0 amide bonds. The van der Waals surface area contributed by atoms with Crippen molar-refractivity contribution in [3.63, 3.8) is 0 Å². The molecule has 0 spiro atoms. The Morgan fingerprint density at radius 2 is 1.68 bits per heavy atom. The van der Waals surface area contributed by atoms with E-state index in [4.69, 9.17) is 11.6 Å². The van der Waals surface area contributed by atoms with Crippen LogP contribution in [0.1, 0.15) is 4.88 Å². The van der Waals surface area contributed by atoms with Gasteiger partial charge in [0.2, 0.25) is 0 Å². The zero-order chi connectivity index (χ0) is 17.6. The first kappa shape index (κ1) is 16.0. The smallest absolute Gasteiger partial charge is 0.260 e. The topological polar surface area (TPSA) is 45.8 Å². The minimum atomic E-state index is -0.307. The number of nitrogens with zero attached hydrogens (tertiary/aromatic N) is 1. The SMILES string of the molecule is Cc1sc2nc(-c3ccc(Cl)cc3)[nH]c(=O)c2c1-c1ccc(F)cc1. The van der Waals surface area contributed by atoms with Crippen LogP contribution in [0.2, 0.25) is 5.02 Å².